The van der Waals surface area contributed by atoms with E-state index in [4.69, 9.17) is 0 Å². The van der Waals surface area contributed by atoms with E-state index in [-0.39, 0.29) is 11.7 Å². The highest BCUT2D eigenvalue weighted by atomic mass is 32.2. The number of benzene rings is 1. The molecule has 1 heterocycles. The average Bonchev–Trinajstić information content (AvgIpc) is 2.74. The van der Waals surface area contributed by atoms with E-state index in [1.165, 1.54) is 5.41 Å². The van der Waals surface area contributed by atoms with Gasteiger partial charge in [-0.3, -0.25) is 4.79 Å². The van der Waals surface area contributed by atoms with Gasteiger partial charge in [-0.25, -0.2) is 8.42 Å². The van der Waals surface area contributed by atoms with Crippen molar-refractivity contribution in [1.29, 1.82) is 0 Å². The number of amides is 1. The zero-order chi connectivity index (χ0) is 14.9. The number of sulfone groups is 1. The second kappa shape index (κ2) is 5.40. The molecule has 0 spiro atoms. The zero-order valence-electron chi connectivity index (χ0n) is 12.0. The summed E-state index contributed by atoms with van der Waals surface area (Å²) in [6.07, 6.45) is 1.94. The molecule has 20 heavy (non-hydrogen) atoms. The Bertz CT molecular complexity index is 662. The van der Waals surface area contributed by atoms with Crippen molar-refractivity contribution in [2.24, 2.45) is 0 Å². The summed E-state index contributed by atoms with van der Waals surface area (Å²) in [5.74, 6) is -0.105. The van der Waals surface area contributed by atoms with Gasteiger partial charge in [0.25, 0.3) is 0 Å². The summed E-state index contributed by atoms with van der Waals surface area (Å²) in [5, 5.41) is 1.20. The molecule has 0 aliphatic carbocycles. The van der Waals surface area contributed by atoms with Gasteiger partial charge in [-0.2, -0.15) is 0 Å². The second-order valence-corrected chi connectivity index (χ2v) is 7.04. The summed E-state index contributed by atoms with van der Waals surface area (Å²) in [4.78, 5) is 13.8. The van der Waals surface area contributed by atoms with Crippen molar-refractivity contribution in [2.75, 3.05) is 10.7 Å². The van der Waals surface area contributed by atoms with Gasteiger partial charge in [-0.1, -0.05) is 13.0 Å². The third-order valence-corrected chi connectivity index (χ3v) is 4.96. The van der Waals surface area contributed by atoms with E-state index >= 15 is 0 Å². The van der Waals surface area contributed by atoms with Crippen LogP contribution in [0.3, 0.4) is 0 Å². The highest BCUT2D eigenvalue weighted by Gasteiger charge is 2.30. The minimum absolute atomic E-state index is 0.0360. The van der Waals surface area contributed by atoms with E-state index in [0.717, 1.165) is 16.8 Å². The van der Waals surface area contributed by atoms with Crippen LogP contribution in [0.5, 0.6) is 0 Å². The molecule has 0 bridgehead atoms. The summed E-state index contributed by atoms with van der Waals surface area (Å²) in [7, 11) is -3.18. The van der Waals surface area contributed by atoms with Gasteiger partial charge in [0.05, 0.1) is 11.8 Å². The SMILES string of the molecule is CCC(=O)N(c1ccc(C)c(C)c1)[C@H]1C=CS(=O)(=O)C1. The van der Waals surface area contributed by atoms with Crippen molar-refractivity contribution in [3.05, 3.63) is 40.8 Å². The molecule has 0 radical (unpaired) electrons. The van der Waals surface area contributed by atoms with E-state index < -0.39 is 15.9 Å². The lowest BCUT2D eigenvalue weighted by Gasteiger charge is -2.28. The van der Waals surface area contributed by atoms with Crippen LogP contribution in [0.1, 0.15) is 24.5 Å². The Hall–Kier alpha value is -1.62. The van der Waals surface area contributed by atoms with E-state index in [0.29, 0.717) is 6.42 Å². The first-order valence-corrected chi connectivity index (χ1v) is 8.36. The first-order valence-electron chi connectivity index (χ1n) is 6.64. The van der Waals surface area contributed by atoms with Gasteiger partial charge in [0.15, 0.2) is 9.84 Å². The molecule has 1 amide bonds. The lowest BCUT2D eigenvalue weighted by atomic mass is 10.1. The van der Waals surface area contributed by atoms with E-state index in [2.05, 4.69) is 0 Å². The van der Waals surface area contributed by atoms with Crippen LogP contribution in [-0.2, 0) is 14.6 Å². The van der Waals surface area contributed by atoms with Gasteiger partial charge in [-0.05, 0) is 43.2 Å². The zero-order valence-corrected chi connectivity index (χ0v) is 12.8. The highest BCUT2D eigenvalue weighted by molar-refractivity contribution is 7.94. The lowest BCUT2D eigenvalue weighted by Crippen LogP contribution is -2.40. The largest absolute Gasteiger partial charge is 0.304 e. The summed E-state index contributed by atoms with van der Waals surface area (Å²) in [6.45, 7) is 5.77. The van der Waals surface area contributed by atoms with E-state index in [9.17, 15) is 13.2 Å². The van der Waals surface area contributed by atoms with Crippen LogP contribution in [0.15, 0.2) is 29.7 Å². The molecule has 0 fully saturated rings. The van der Waals surface area contributed by atoms with Gasteiger partial charge in [0.1, 0.15) is 0 Å². The molecule has 1 atom stereocenters. The summed E-state index contributed by atoms with van der Waals surface area (Å²) in [6, 6.07) is 5.35. The Morgan fingerprint density at radius 1 is 1.30 bits per heavy atom. The van der Waals surface area contributed by atoms with Gasteiger partial charge in [0.2, 0.25) is 5.91 Å². The Morgan fingerprint density at radius 3 is 2.50 bits per heavy atom. The number of anilines is 1. The molecule has 108 valence electrons. The maximum Gasteiger partial charge on any atom is 0.227 e. The smallest absolute Gasteiger partial charge is 0.227 e. The van der Waals surface area contributed by atoms with Crippen LogP contribution in [0.2, 0.25) is 0 Å². The normalized spacial score (nSPS) is 20.1. The predicted octanol–water partition coefficient (Wildman–Crippen LogP) is 2.36. The molecule has 0 unspecified atom stereocenters. The Balaban J connectivity index is 2.41. The number of carbonyl (C=O) groups is 1. The number of hydrogen-bond donors (Lipinski definition) is 0. The minimum atomic E-state index is -3.18. The third kappa shape index (κ3) is 2.93. The molecule has 0 N–H and O–H groups in total. The van der Waals surface area contributed by atoms with Crippen molar-refractivity contribution in [3.63, 3.8) is 0 Å². The molecule has 1 aromatic rings. The molecule has 0 saturated carbocycles. The van der Waals surface area contributed by atoms with Crippen LogP contribution in [-0.4, -0.2) is 26.1 Å². The molecule has 2 rings (SSSR count). The van der Waals surface area contributed by atoms with Crippen molar-refractivity contribution in [2.45, 2.75) is 33.2 Å². The third-order valence-electron chi connectivity index (χ3n) is 3.58. The molecular formula is C15H19NO3S. The molecule has 4 nitrogen and oxygen atoms in total. The molecule has 0 aromatic heterocycles. The molecular weight excluding hydrogens is 274 g/mol. The molecule has 5 heteroatoms. The van der Waals surface area contributed by atoms with Crippen molar-refractivity contribution in [3.8, 4) is 0 Å². The fourth-order valence-corrected chi connectivity index (χ4v) is 3.55. The van der Waals surface area contributed by atoms with Crippen LogP contribution in [0.25, 0.3) is 0 Å². The number of rotatable bonds is 3. The minimum Gasteiger partial charge on any atom is -0.304 e. The van der Waals surface area contributed by atoms with E-state index in [1.54, 1.807) is 17.9 Å². The molecule has 1 aliphatic rings. The first-order chi connectivity index (χ1) is 9.34. The Labute approximate surface area is 120 Å². The van der Waals surface area contributed by atoms with Gasteiger partial charge >= 0.3 is 0 Å². The number of nitrogens with zero attached hydrogens (tertiary/aromatic N) is 1. The summed E-state index contributed by atoms with van der Waals surface area (Å²) < 4.78 is 23.2. The number of hydrogen-bond acceptors (Lipinski definition) is 3. The quantitative estimate of drug-likeness (QED) is 0.859. The maximum atomic E-state index is 12.2. The van der Waals surface area contributed by atoms with Gasteiger partial charge < -0.3 is 4.90 Å². The number of aryl methyl sites for hydroxylation is 2. The molecule has 0 saturated heterocycles. The van der Waals surface area contributed by atoms with Gasteiger partial charge in [-0.15, -0.1) is 0 Å². The second-order valence-electron chi connectivity index (χ2n) is 5.11. The topological polar surface area (TPSA) is 54.5 Å². The molecule has 1 aromatic carbocycles. The van der Waals surface area contributed by atoms with Crippen LogP contribution < -0.4 is 4.90 Å². The summed E-state index contributed by atoms with van der Waals surface area (Å²) >= 11 is 0. The maximum absolute atomic E-state index is 12.2. The van der Waals surface area contributed by atoms with Crippen molar-refractivity contribution >= 4 is 21.4 Å². The van der Waals surface area contributed by atoms with Gasteiger partial charge in [0, 0.05) is 17.5 Å². The van der Waals surface area contributed by atoms with E-state index in [1.807, 2.05) is 32.0 Å². The first kappa shape index (κ1) is 14.8. The van der Waals surface area contributed by atoms with Crippen LogP contribution >= 0.6 is 0 Å². The van der Waals surface area contributed by atoms with Crippen LogP contribution in [0.4, 0.5) is 5.69 Å². The van der Waals surface area contributed by atoms with Crippen molar-refractivity contribution in [1.82, 2.24) is 0 Å². The monoisotopic (exact) mass is 293 g/mol. The standard InChI is InChI=1S/C15H19NO3S/c1-4-15(17)16(14-7-8-20(18,19)10-14)13-6-5-11(2)12(3)9-13/h5-9,14H,4,10H2,1-3H3/t14-/m0/s1. The Morgan fingerprint density at radius 2 is 2.00 bits per heavy atom. The van der Waals surface area contributed by atoms with Crippen LogP contribution in [0, 0.1) is 13.8 Å². The predicted molar refractivity (Wildman–Crippen MR) is 80.4 cm³/mol. The fourth-order valence-electron chi connectivity index (χ4n) is 2.29. The average molecular weight is 293 g/mol. The Kier molecular flexibility index (Phi) is 3.99. The lowest BCUT2D eigenvalue weighted by molar-refractivity contribution is -0.118. The van der Waals surface area contributed by atoms with Crippen molar-refractivity contribution < 1.29 is 13.2 Å². The fraction of sp³-hybridized carbons (Fsp3) is 0.400. The molecule has 1 aliphatic heterocycles. The summed E-state index contributed by atoms with van der Waals surface area (Å²) in [5.41, 5.74) is 2.99. The number of carbonyl (C=O) groups excluding carboxylic acids is 1. The highest BCUT2D eigenvalue weighted by Crippen LogP contribution is 2.25.